The number of hydrogen-bond donors (Lipinski definition) is 0. The molecule has 4 rings (SSSR count). The maximum Gasteiger partial charge on any atom is 0.268 e. The summed E-state index contributed by atoms with van der Waals surface area (Å²) in [7, 11) is 0. The summed E-state index contributed by atoms with van der Waals surface area (Å²) in [6, 6.07) is 12.6. The molecule has 2 heterocycles. The second kappa shape index (κ2) is 8.37. The van der Waals surface area contributed by atoms with Gasteiger partial charge in [-0.2, -0.15) is 5.10 Å². The molecule has 0 amide bonds. The van der Waals surface area contributed by atoms with E-state index >= 15 is 0 Å². The maximum absolute atomic E-state index is 14.4. The van der Waals surface area contributed by atoms with Gasteiger partial charge in [0, 0.05) is 26.0 Å². The Hall–Kier alpha value is -2.22. The van der Waals surface area contributed by atoms with E-state index in [1.54, 1.807) is 22.9 Å². The van der Waals surface area contributed by atoms with Crippen LogP contribution < -0.4 is 0 Å². The average molecular weight is 524 g/mol. The molecule has 0 N–H and O–H groups in total. The molecule has 0 unspecified atom stereocenters. The first kappa shape index (κ1) is 22.0. The van der Waals surface area contributed by atoms with Gasteiger partial charge in [0.05, 0.1) is 16.4 Å². The zero-order valence-corrected chi connectivity index (χ0v) is 20.1. The standard InChI is InChI=1S/C22H18BrCl2FN4O/c1-22(2,3)21-28-27-20(31-21)18-15(11-26)19(12-4-6-13(23)7-5-12)30(29-18)17-9-8-14(24)10-16(17)25/h4-10H,11H2,1-3H3. The molecule has 0 saturated carbocycles. The van der Waals surface area contributed by atoms with Gasteiger partial charge < -0.3 is 4.42 Å². The Balaban J connectivity index is 1.99. The average Bonchev–Trinajstić information content (AvgIpc) is 3.33. The summed E-state index contributed by atoms with van der Waals surface area (Å²) < 4.78 is 22.8. The van der Waals surface area contributed by atoms with Crippen LogP contribution in [0.5, 0.6) is 0 Å². The lowest BCUT2D eigenvalue weighted by molar-refractivity contribution is 0.398. The summed E-state index contributed by atoms with van der Waals surface area (Å²) in [5, 5.41) is 13.8. The van der Waals surface area contributed by atoms with Gasteiger partial charge >= 0.3 is 0 Å². The first-order chi connectivity index (χ1) is 14.7. The molecule has 0 aliphatic rings. The predicted octanol–water partition coefficient (Wildman–Crippen LogP) is 7.43. The summed E-state index contributed by atoms with van der Waals surface area (Å²) in [6.45, 7) is 5.10. The molecule has 2 aromatic carbocycles. The van der Waals surface area contributed by atoms with Gasteiger partial charge in [0.25, 0.3) is 5.89 Å². The smallest absolute Gasteiger partial charge is 0.268 e. The van der Waals surface area contributed by atoms with E-state index in [1.807, 2.05) is 45.0 Å². The summed E-state index contributed by atoms with van der Waals surface area (Å²) >= 11 is 16.0. The summed E-state index contributed by atoms with van der Waals surface area (Å²) in [4.78, 5) is 0. The zero-order valence-electron chi connectivity index (χ0n) is 17.0. The molecule has 0 bridgehead atoms. The Kier molecular flexibility index (Phi) is 5.94. The molecule has 0 fully saturated rings. The van der Waals surface area contributed by atoms with Crippen molar-refractivity contribution in [3.8, 4) is 28.5 Å². The lowest BCUT2D eigenvalue weighted by Gasteiger charge is -2.11. The van der Waals surface area contributed by atoms with Crippen molar-refractivity contribution in [1.29, 1.82) is 0 Å². The quantitative estimate of drug-likeness (QED) is 0.279. The minimum absolute atomic E-state index is 0.153. The van der Waals surface area contributed by atoms with E-state index in [0.717, 1.165) is 10.0 Å². The maximum atomic E-state index is 14.4. The molecule has 0 aliphatic heterocycles. The monoisotopic (exact) mass is 522 g/mol. The highest BCUT2D eigenvalue weighted by atomic mass is 79.9. The highest BCUT2D eigenvalue weighted by Crippen LogP contribution is 2.37. The number of rotatable bonds is 4. The topological polar surface area (TPSA) is 56.7 Å². The lowest BCUT2D eigenvalue weighted by atomic mass is 9.97. The minimum atomic E-state index is -0.779. The van der Waals surface area contributed by atoms with Gasteiger partial charge in [-0.15, -0.1) is 10.2 Å². The van der Waals surface area contributed by atoms with E-state index in [4.69, 9.17) is 27.6 Å². The molecular weight excluding hydrogens is 506 g/mol. The second-order valence-electron chi connectivity index (χ2n) is 7.99. The van der Waals surface area contributed by atoms with Crippen LogP contribution in [0.15, 0.2) is 51.4 Å². The molecule has 4 aromatic rings. The molecule has 5 nitrogen and oxygen atoms in total. The van der Waals surface area contributed by atoms with Crippen LogP contribution in [0.3, 0.4) is 0 Å². The van der Waals surface area contributed by atoms with Crippen molar-refractivity contribution in [1.82, 2.24) is 20.0 Å². The van der Waals surface area contributed by atoms with Crippen LogP contribution in [0.1, 0.15) is 32.2 Å². The molecule has 0 spiro atoms. The van der Waals surface area contributed by atoms with Crippen LogP contribution in [-0.4, -0.2) is 20.0 Å². The predicted molar refractivity (Wildman–Crippen MR) is 124 cm³/mol. The first-order valence-corrected chi connectivity index (χ1v) is 11.0. The van der Waals surface area contributed by atoms with Crippen molar-refractivity contribution < 1.29 is 8.81 Å². The molecule has 0 saturated heterocycles. The van der Waals surface area contributed by atoms with Crippen LogP contribution in [-0.2, 0) is 12.1 Å². The number of hydrogen-bond acceptors (Lipinski definition) is 4. The first-order valence-electron chi connectivity index (χ1n) is 9.42. The third kappa shape index (κ3) is 4.27. The third-order valence-corrected chi connectivity index (χ3v) is 5.71. The van der Waals surface area contributed by atoms with Crippen molar-refractivity contribution in [3.63, 3.8) is 0 Å². The van der Waals surface area contributed by atoms with Gasteiger partial charge in [0.2, 0.25) is 5.89 Å². The van der Waals surface area contributed by atoms with Crippen molar-refractivity contribution in [3.05, 3.63) is 68.4 Å². The highest BCUT2D eigenvalue weighted by Gasteiger charge is 2.28. The summed E-state index contributed by atoms with van der Waals surface area (Å²) in [6.07, 6.45) is 0. The fourth-order valence-electron chi connectivity index (χ4n) is 3.10. The van der Waals surface area contributed by atoms with Crippen molar-refractivity contribution in [2.45, 2.75) is 32.9 Å². The Labute approximate surface area is 197 Å². The van der Waals surface area contributed by atoms with E-state index in [-0.39, 0.29) is 17.0 Å². The number of benzene rings is 2. The largest absolute Gasteiger partial charge is 0.419 e. The van der Waals surface area contributed by atoms with Gasteiger partial charge in [-0.1, -0.05) is 72.0 Å². The number of alkyl halides is 1. The molecule has 160 valence electrons. The Morgan fingerprint density at radius 1 is 1.06 bits per heavy atom. The van der Waals surface area contributed by atoms with E-state index in [1.165, 1.54) is 0 Å². The van der Waals surface area contributed by atoms with Crippen LogP contribution in [0.25, 0.3) is 28.5 Å². The molecule has 0 atom stereocenters. The Morgan fingerprint density at radius 3 is 2.35 bits per heavy atom. The van der Waals surface area contributed by atoms with Crippen LogP contribution in [0.2, 0.25) is 10.0 Å². The van der Waals surface area contributed by atoms with Crippen LogP contribution in [0.4, 0.5) is 4.39 Å². The molecule has 0 radical (unpaired) electrons. The van der Waals surface area contributed by atoms with Gasteiger partial charge in [-0.25, -0.2) is 9.07 Å². The van der Waals surface area contributed by atoms with Crippen molar-refractivity contribution >= 4 is 39.1 Å². The molecule has 31 heavy (non-hydrogen) atoms. The summed E-state index contributed by atoms with van der Waals surface area (Å²) in [5.41, 5.74) is 2.12. The SMILES string of the molecule is CC(C)(C)c1nnc(-c2nn(-c3ccc(Cl)cc3Cl)c(-c3ccc(Br)cc3)c2CF)o1. The Bertz CT molecular complexity index is 1250. The van der Waals surface area contributed by atoms with Crippen molar-refractivity contribution in [2.75, 3.05) is 0 Å². The Morgan fingerprint density at radius 2 is 1.77 bits per heavy atom. The molecular formula is C22H18BrCl2FN4O. The van der Waals surface area contributed by atoms with E-state index in [2.05, 4.69) is 31.2 Å². The fourth-order valence-corrected chi connectivity index (χ4v) is 3.86. The summed E-state index contributed by atoms with van der Waals surface area (Å²) in [5.74, 6) is 0.594. The fraction of sp³-hybridized carbons (Fsp3) is 0.227. The van der Waals surface area contributed by atoms with Gasteiger partial charge in [-0.3, -0.25) is 0 Å². The van der Waals surface area contributed by atoms with Gasteiger partial charge in [0.1, 0.15) is 6.67 Å². The normalized spacial score (nSPS) is 11.8. The number of halogens is 4. The van der Waals surface area contributed by atoms with E-state index in [9.17, 15) is 4.39 Å². The minimum Gasteiger partial charge on any atom is -0.419 e. The van der Waals surface area contributed by atoms with E-state index < -0.39 is 6.67 Å². The second-order valence-corrected chi connectivity index (χ2v) is 9.75. The molecule has 9 heteroatoms. The number of aromatic nitrogens is 4. The zero-order chi connectivity index (χ0) is 22.3. The highest BCUT2D eigenvalue weighted by molar-refractivity contribution is 9.10. The van der Waals surface area contributed by atoms with Gasteiger partial charge in [0.15, 0.2) is 5.69 Å². The molecule has 0 aliphatic carbocycles. The lowest BCUT2D eigenvalue weighted by Crippen LogP contribution is -2.11. The van der Waals surface area contributed by atoms with Crippen LogP contribution in [0, 0.1) is 0 Å². The van der Waals surface area contributed by atoms with Crippen LogP contribution >= 0.6 is 39.1 Å². The third-order valence-electron chi connectivity index (χ3n) is 4.64. The van der Waals surface area contributed by atoms with E-state index in [0.29, 0.717) is 32.9 Å². The van der Waals surface area contributed by atoms with Crippen molar-refractivity contribution in [2.24, 2.45) is 0 Å². The van der Waals surface area contributed by atoms with Gasteiger partial charge in [-0.05, 0) is 30.3 Å². The number of nitrogens with zero attached hydrogens (tertiary/aromatic N) is 4. The molecule has 2 aromatic heterocycles.